The van der Waals surface area contributed by atoms with Crippen LogP contribution in [0.15, 0.2) is 231 Å². The van der Waals surface area contributed by atoms with Crippen LogP contribution in [0.1, 0.15) is 49.9 Å². The first kappa shape index (κ1) is 40.6. The zero-order valence-corrected chi connectivity index (χ0v) is 39.8. The minimum Gasteiger partial charge on any atom is -0.310 e. The lowest BCUT2D eigenvalue weighted by atomic mass is 9.63. The van der Waals surface area contributed by atoms with Gasteiger partial charge in [-0.25, -0.2) is 0 Å². The van der Waals surface area contributed by atoms with Gasteiger partial charge in [-0.15, -0.1) is 0 Å². The molecule has 2 heteroatoms. The molecule has 0 saturated heterocycles. The Bertz CT molecular complexity index is 3730. The second kappa shape index (κ2) is 15.0. The predicted molar refractivity (Wildman–Crippen MR) is 298 cm³/mol. The summed E-state index contributed by atoms with van der Waals surface area (Å²) in [5, 5.41) is 12.6. The van der Waals surface area contributed by atoms with E-state index in [1.165, 1.54) is 98.4 Å². The van der Waals surface area contributed by atoms with Crippen LogP contribution < -0.4 is 9.80 Å². The van der Waals surface area contributed by atoms with E-state index in [1.807, 2.05) is 0 Å². The van der Waals surface area contributed by atoms with E-state index >= 15 is 0 Å². The van der Waals surface area contributed by atoms with Crippen LogP contribution in [-0.4, -0.2) is 0 Å². The Kier molecular flexibility index (Phi) is 8.71. The van der Waals surface area contributed by atoms with Crippen molar-refractivity contribution in [3.8, 4) is 22.3 Å². The maximum atomic E-state index is 2.47. The molecule has 2 aliphatic carbocycles. The van der Waals surface area contributed by atoms with Crippen molar-refractivity contribution in [2.45, 2.75) is 38.5 Å². The molecular formula is C68H50N2. The number of nitrogens with zero attached hydrogens (tertiary/aromatic N) is 2. The van der Waals surface area contributed by atoms with Crippen LogP contribution in [0.2, 0.25) is 0 Å². The van der Waals surface area contributed by atoms with Gasteiger partial charge in [-0.2, -0.15) is 0 Å². The highest BCUT2D eigenvalue weighted by molar-refractivity contribution is 6.13. The second-order valence-electron chi connectivity index (χ2n) is 20.6. The third kappa shape index (κ3) is 6.06. The number of hydrogen-bond acceptors (Lipinski definition) is 2. The highest BCUT2D eigenvalue weighted by Crippen LogP contribution is 2.57. The molecule has 0 bridgehead atoms. The standard InChI is InChI=1S/C68H50N2/c1-67(2)61-35-36-62-66-60(58-32-30-56(42-64(58)68(62,3)4)70(53-27-23-45-15-7-11-19-49(45)39-53)54-28-24-46-16-8-12-20-50(46)40-54)34-33-59(65(61)66)57-31-29-55(41-63(57)67)69(51-25-21-43-13-5-9-17-47(43)37-51)52-26-22-44-14-6-10-18-48(44)38-52/h5-42H,1-4H3. The van der Waals surface area contributed by atoms with E-state index in [9.17, 15) is 0 Å². The van der Waals surface area contributed by atoms with Gasteiger partial charge in [0.2, 0.25) is 0 Å². The van der Waals surface area contributed by atoms with E-state index in [1.54, 1.807) is 0 Å². The minimum atomic E-state index is -0.275. The Morgan fingerprint density at radius 2 is 0.486 bits per heavy atom. The Balaban J connectivity index is 0.921. The van der Waals surface area contributed by atoms with Gasteiger partial charge < -0.3 is 9.80 Å². The molecular weight excluding hydrogens is 845 g/mol. The molecule has 332 valence electrons. The molecule has 0 atom stereocenters. The van der Waals surface area contributed by atoms with E-state index in [4.69, 9.17) is 0 Å². The summed E-state index contributed by atoms with van der Waals surface area (Å²) in [6.07, 6.45) is 0. The summed E-state index contributed by atoms with van der Waals surface area (Å²) in [5.74, 6) is 0. The molecule has 0 heterocycles. The third-order valence-electron chi connectivity index (χ3n) is 15.9. The van der Waals surface area contributed by atoms with Gasteiger partial charge in [0, 0.05) is 45.0 Å². The molecule has 0 aromatic heterocycles. The zero-order valence-electron chi connectivity index (χ0n) is 39.8. The molecule has 0 amide bonds. The Morgan fingerprint density at radius 1 is 0.229 bits per heavy atom. The lowest BCUT2D eigenvalue weighted by Gasteiger charge is -2.41. The van der Waals surface area contributed by atoms with E-state index in [0.717, 1.165) is 34.1 Å². The number of benzene rings is 12. The van der Waals surface area contributed by atoms with Crippen molar-refractivity contribution in [3.05, 3.63) is 253 Å². The summed E-state index contributed by atoms with van der Waals surface area (Å²) in [7, 11) is 0. The molecule has 12 aromatic rings. The van der Waals surface area contributed by atoms with E-state index in [2.05, 4.69) is 268 Å². The maximum absolute atomic E-state index is 2.47. The summed E-state index contributed by atoms with van der Waals surface area (Å²) >= 11 is 0. The molecule has 0 aliphatic heterocycles. The normalized spacial score (nSPS) is 13.9. The largest absolute Gasteiger partial charge is 0.310 e. The van der Waals surface area contributed by atoms with Gasteiger partial charge in [0.25, 0.3) is 0 Å². The monoisotopic (exact) mass is 894 g/mol. The molecule has 0 radical (unpaired) electrons. The molecule has 14 rings (SSSR count). The average molecular weight is 895 g/mol. The lowest BCUT2D eigenvalue weighted by molar-refractivity contribution is 0.633. The number of rotatable bonds is 6. The van der Waals surface area contributed by atoms with Gasteiger partial charge in [0.05, 0.1) is 0 Å². The minimum absolute atomic E-state index is 0.275. The van der Waals surface area contributed by atoms with Gasteiger partial charge in [0.15, 0.2) is 0 Å². The van der Waals surface area contributed by atoms with E-state index in [-0.39, 0.29) is 10.8 Å². The Morgan fingerprint density at radius 3 is 0.800 bits per heavy atom. The summed E-state index contributed by atoms with van der Waals surface area (Å²) in [6.45, 7) is 9.73. The van der Waals surface area contributed by atoms with Crippen LogP contribution in [-0.2, 0) is 10.8 Å². The fraction of sp³-hybridized carbons (Fsp3) is 0.0882. The van der Waals surface area contributed by atoms with Crippen molar-refractivity contribution in [3.63, 3.8) is 0 Å². The number of anilines is 6. The summed E-state index contributed by atoms with van der Waals surface area (Å²) in [5.41, 5.74) is 17.0. The fourth-order valence-electron chi connectivity index (χ4n) is 12.3. The SMILES string of the molecule is CC1(C)c2cc(N(c3ccc4ccccc4c3)c3ccc4ccccc4c3)ccc2-c2ccc3c4c(ccc1c24)C(C)(C)c1cc(N(c2ccc4ccccc4c2)c2ccc4ccccc4c2)ccc1-3. The number of fused-ring (bicyclic) bond motifs is 8. The third-order valence-corrected chi connectivity index (χ3v) is 15.9. The van der Waals surface area contributed by atoms with E-state index < -0.39 is 0 Å². The fourth-order valence-corrected chi connectivity index (χ4v) is 12.3. The van der Waals surface area contributed by atoms with Crippen molar-refractivity contribution in [1.82, 2.24) is 0 Å². The average Bonchev–Trinajstić information content (AvgIpc) is 3.40. The quantitative estimate of drug-likeness (QED) is 0.164. The van der Waals surface area contributed by atoms with Crippen LogP contribution in [0, 0.1) is 0 Å². The highest BCUT2D eigenvalue weighted by atomic mass is 15.1. The van der Waals surface area contributed by atoms with Crippen LogP contribution in [0.4, 0.5) is 34.1 Å². The molecule has 0 fully saturated rings. The smallest absolute Gasteiger partial charge is 0.0468 e. The van der Waals surface area contributed by atoms with Gasteiger partial charge in [-0.05, 0) is 171 Å². The van der Waals surface area contributed by atoms with E-state index in [0.29, 0.717) is 0 Å². The van der Waals surface area contributed by atoms with Crippen molar-refractivity contribution < 1.29 is 0 Å². The Hall–Kier alpha value is -8.46. The molecule has 0 unspecified atom stereocenters. The maximum Gasteiger partial charge on any atom is 0.0468 e. The summed E-state index contributed by atoms with van der Waals surface area (Å²) in [6, 6.07) is 86.2. The molecule has 70 heavy (non-hydrogen) atoms. The zero-order chi connectivity index (χ0) is 46.9. The molecule has 0 N–H and O–H groups in total. The lowest BCUT2D eigenvalue weighted by Crippen LogP contribution is -2.28. The number of hydrogen-bond donors (Lipinski definition) is 0. The predicted octanol–water partition coefficient (Wildman–Crippen LogP) is 19.0. The molecule has 0 spiro atoms. The Labute approximate surface area is 409 Å². The van der Waals surface area contributed by atoms with Gasteiger partial charge in [-0.1, -0.05) is 185 Å². The molecule has 0 saturated carbocycles. The second-order valence-corrected chi connectivity index (χ2v) is 20.6. The van der Waals surface area contributed by atoms with Crippen molar-refractivity contribution in [2.75, 3.05) is 9.80 Å². The van der Waals surface area contributed by atoms with Crippen LogP contribution >= 0.6 is 0 Å². The van der Waals surface area contributed by atoms with Gasteiger partial charge in [-0.3, -0.25) is 0 Å². The first-order valence-corrected chi connectivity index (χ1v) is 24.7. The molecule has 2 aliphatic rings. The highest BCUT2D eigenvalue weighted by Gasteiger charge is 2.40. The first-order chi connectivity index (χ1) is 34.2. The molecule has 2 nitrogen and oxygen atoms in total. The van der Waals surface area contributed by atoms with Crippen LogP contribution in [0.5, 0.6) is 0 Å². The van der Waals surface area contributed by atoms with Crippen molar-refractivity contribution >= 4 is 88.0 Å². The van der Waals surface area contributed by atoms with Crippen molar-refractivity contribution in [1.29, 1.82) is 0 Å². The summed E-state index contributed by atoms with van der Waals surface area (Å²) < 4.78 is 0. The van der Waals surface area contributed by atoms with Crippen LogP contribution in [0.3, 0.4) is 0 Å². The van der Waals surface area contributed by atoms with Crippen molar-refractivity contribution in [2.24, 2.45) is 0 Å². The topological polar surface area (TPSA) is 6.48 Å². The summed E-state index contributed by atoms with van der Waals surface area (Å²) in [4.78, 5) is 4.89. The van der Waals surface area contributed by atoms with Gasteiger partial charge >= 0.3 is 0 Å². The first-order valence-electron chi connectivity index (χ1n) is 24.7. The van der Waals surface area contributed by atoms with Gasteiger partial charge in [0.1, 0.15) is 0 Å². The van der Waals surface area contributed by atoms with Crippen LogP contribution in [0.25, 0.3) is 76.1 Å². The molecule has 12 aromatic carbocycles.